The van der Waals surface area contributed by atoms with E-state index in [1.165, 1.54) is 0 Å². The van der Waals surface area contributed by atoms with Gasteiger partial charge in [0, 0.05) is 39.9 Å². The third-order valence-corrected chi connectivity index (χ3v) is 4.48. The van der Waals surface area contributed by atoms with Gasteiger partial charge in [-0.1, -0.05) is 43.9 Å². The minimum Gasteiger partial charge on any atom is -0.411 e. The molecule has 0 saturated carbocycles. The zero-order chi connectivity index (χ0) is 14.7. The fraction of sp³-hybridized carbons (Fsp3) is 0.429. The van der Waals surface area contributed by atoms with E-state index in [-0.39, 0.29) is 11.8 Å². The number of likely N-dealkylation sites (tertiary alicyclic amines) is 1. The maximum absolute atomic E-state index is 12.5. The molecular formula is C14H16Br2N2O2. The van der Waals surface area contributed by atoms with E-state index in [1.54, 1.807) is 0 Å². The van der Waals surface area contributed by atoms with Crippen LogP contribution < -0.4 is 0 Å². The molecule has 1 aliphatic heterocycles. The molecule has 1 aliphatic rings. The molecule has 1 aromatic rings. The van der Waals surface area contributed by atoms with E-state index < -0.39 is 0 Å². The third kappa shape index (κ3) is 3.41. The first-order chi connectivity index (χ1) is 9.55. The van der Waals surface area contributed by atoms with Crippen LogP contribution in [0.4, 0.5) is 0 Å². The number of hydrogen-bond acceptors (Lipinski definition) is 3. The Morgan fingerprint density at radius 1 is 1.40 bits per heavy atom. The minimum atomic E-state index is 0.0161. The second-order valence-electron chi connectivity index (χ2n) is 4.86. The van der Waals surface area contributed by atoms with Gasteiger partial charge in [-0.15, -0.1) is 0 Å². The van der Waals surface area contributed by atoms with Gasteiger partial charge < -0.3 is 10.1 Å². The highest BCUT2D eigenvalue weighted by Gasteiger charge is 2.28. The van der Waals surface area contributed by atoms with E-state index in [0.717, 1.165) is 21.1 Å². The molecule has 4 nitrogen and oxygen atoms in total. The Morgan fingerprint density at radius 3 is 2.60 bits per heavy atom. The predicted molar refractivity (Wildman–Crippen MR) is 85.4 cm³/mol. The summed E-state index contributed by atoms with van der Waals surface area (Å²) < 4.78 is 1.74. The zero-order valence-electron chi connectivity index (χ0n) is 11.1. The van der Waals surface area contributed by atoms with Gasteiger partial charge in [0.05, 0.1) is 5.71 Å². The molecule has 1 atom stereocenters. The van der Waals surface area contributed by atoms with Crippen molar-refractivity contribution in [1.29, 1.82) is 0 Å². The molecule has 1 saturated heterocycles. The summed E-state index contributed by atoms with van der Waals surface area (Å²) in [6, 6.07) is 5.55. The van der Waals surface area contributed by atoms with Gasteiger partial charge in [0.2, 0.25) is 0 Å². The van der Waals surface area contributed by atoms with Crippen molar-refractivity contribution in [3.8, 4) is 0 Å². The number of carbonyl (C=O) groups excluding carboxylic acids is 1. The molecule has 1 N–H and O–H groups in total. The lowest BCUT2D eigenvalue weighted by molar-refractivity contribution is 0.0729. The quantitative estimate of drug-likeness (QED) is 0.601. The average molecular weight is 404 g/mol. The normalized spacial score (nSPS) is 21.2. The van der Waals surface area contributed by atoms with Crippen LogP contribution in [0.1, 0.15) is 30.1 Å². The summed E-state index contributed by atoms with van der Waals surface area (Å²) in [6.45, 7) is 3.25. The molecule has 6 heteroatoms. The van der Waals surface area contributed by atoms with Crippen LogP contribution in [0, 0.1) is 5.92 Å². The van der Waals surface area contributed by atoms with E-state index in [0.29, 0.717) is 25.1 Å². The van der Waals surface area contributed by atoms with Gasteiger partial charge in [-0.2, -0.15) is 0 Å². The van der Waals surface area contributed by atoms with Gasteiger partial charge in [-0.3, -0.25) is 4.79 Å². The van der Waals surface area contributed by atoms with Crippen molar-refractivity contribution in [3.63, 3.8) is 0 Å². The number of hydrogen-bond donors (Lipinski definition) is 1. The minimum absolute atomic E-state index is 0.0161. The number of halogens is 2. The molecule has 1 amide bonds. The Bertz CT molecular complexity index is 526. The van der Waals surface area contributed by atoms with Crippen LogP contribution in [0.2, 0.25) is 0 Å². The summed E-state index contributed by atoms with van der Waals surface area (Å²) >= 11 is 6.80. The summed E-state index contributed by atoms with van der Waals surface area (Å²) in [4.78, 5) is 14.4. The number of benzene rings is 1. The van der Waals surface area contributed by atoms with Crippen LogP contribution in [0.15, 0.2) is 32.3 Å². The van der Waals surface area contributed by atoms with Crippen LogP contribution >= 0.6 is 31.9 Å². The first kappa shape index (κ1) is 15.5. The molecule has 1 heterocycles. The number of nitrogens with zero attached hydrogens (tertiary/aromatic N) is 2. The van der Waals surface area contributed by atoms with E-state index in [2.05, 4.69) is 37.0 Å². The maximum Gasteiger partial charge on any atom is 0.253 e. The Balaban J connectivity index is 2.17. The summed E-state index contributed by atoms with van der Waals surface area (Å²) in [5.74, 6) is 0.163. The number of carbonyl (C=O) groups is 1. The highest BCUT2D eigenvalue weighted by Crippen LogP contribution is 2.24. The molecule has 0 bridgehead atoms. The lowest BCUT2D eigenvalue weighted by atomic mass is 9.93. The Morgan fingerprint density at radius 2 is 2.05 bits per heavy atom. The number of piperidine rings is 1. The summed E-state index contributed by atoms with van der Waals surface area (Å²) in [7, 11) is 0. The molecule has 0 aromatic heterocycles. The van der Waals surface area contributed by atoms with Gasteiger partial charge >= 0.3 is 0 Å². The summed E-state index contributed by atoms with van der Waals surface area (Å²) in [5, 5.41) is 12.3. The first-order valence-corrected chi connectivity index (χ1v) is 8.10. The molecule has 0 aliphatic carbocycles. The highest BCUT2D eigenvalue weighted by atomic mass is 79.9. The lowest BCUT2D eigenvalue weighted by Gasteiger charge is -2.33. The summed E-state index contributed by atoms with van der Waals surface area (Å²) in [6.07, 6.45) is 1.50. The standard InChI is InChI=1S/C14H16Br2N2O2/c1-2-9-8-18(4-3-13(9)17-20)14(19)10-5-11(15)7-12(16)6-10/h5-7,9,20H,2-4,8H2,1H3/b17-13+. The molecule has 1 aromatic carbocycles. The fourth-order valence-corrected chi connectivity index (χ4v) is 3.75. The van der Waals surface area contributed by atoms with Crippen LogP contribution in [0.25, 0.3) is 0 Å². The molecule has 20 heavy (non-hydrogen) atoms. The van der Waals surface area contributed by atoms with Crippen molar-refractivity contribution in [2.24, 2.45) is 11.1 Å². The van der Waals surface area contributed by atoms with Crippen molar-refractivity contribution >= 4 is 43.5 Å². The van der Waals surface area contributed by atoms with E-state index in [9.17, 15) is 4.79 Å². The predicted octanol–water partition coefficient (Wildman–Crippen LogP) is 3.91. The third-order valence-electron chi connectivity index (χ3n) is 3.57. The van der Waals surface area contributed by atoms with Gasteiger partial charge in [0.1, 0.15) is 0 Å². The maximum atomic E-state index is 12.5. The number of oxime groups is 1. The smallest absolute Gasteiger partial charge is 0.253 e. The molecule has 2 rings (SSSR count). The van der Waals surface area contributed by atoms with Crippen molar-refractivity contribution in [2.45, 2.75) is 19.8 Å². The first-order valence-electron chi connectivity index (χ1n) is 6.51. The Hall–Kier alpha value is -0.880. The van der Waals surface area contributed by atoms with E-state index in [1.807, 2.05) is 30.0 Å². The van der Waals surface area contributed by atoms with Gasteiger partial charge in [-0.25, -0.2) is 0 Å². The molecule has 108 valence electrons. The fourth-order valence-electron chi connectivity index (χ4n) is 2.46. The van der Waals surface area contributed by atoms with Crippen molar-refractivity contribution < 1.29 is 10.0 Å². The van der Waals surface area contributed by atoms with Gasteiger partial charge in [0.15, 0.2) is 0 Å². The lowest BCUT2D eigenvalue weighted by Crippen LogP contribution is -2.44. The van der Waals surface area contributed by atoms with Crippen molar-refractivity contribution in [2.75, 3.05) is 13.1 Å². The van der Waals surface area contributed by atoms with Gasteiger partial charge in [0.25, 0.3) is 5.91 Å². The van der Waals surface area contributed by atoms with Crippen LogP contribution in [-0.4, -0.2) is 34.8 Å². The Kier molecular flexibility index (Phi) is 5.21. The highest BCUT2D eigenvalue weighted by molar-refractivity contribution is 9.11. The summed E-state index contributed by atoms with van der Waals surface area (Å²) in [5.41, 5.74) is 1.46. The van der Waals surface area contributed by atoms with Gasteiger partial charge in [-0.05, 0) is 24.6 Å². The van der Waals surface area contributed by atoms with Crippen LogP contribution in [0.5, 0.6) is 0 Å². The average Bonchev–Trinajstić information content (AvgIpc) is 2.44. The van der Waals surface area contributed by atoms with Crippen molar-refractivity contribution in [1.82, 2.24) is 4.90 Å². The topological polar surface area (TPSA) is 52.9 Å². The molecule has 0 spiro atoms. The Labute approximate surface area is 135 Å². The second-order valence-corrected chi connectivity index (χ2v) is 6.69. The number of amides is 1. The zero-order valence-corrected chi connectivity index (χ0v) is 14.3. The molecule has 0 radical (unpaired) electrons. The SMILES string of the molecule is CCC1CN(C(=O)c2cc(Br)cc(Br)c2)CC/C1=N\O. The largest absolute Gasteiger partial charge is 0.411 e. The molecular weight excluding hydrogens is 388 g/mol. The molecule has 1 fully saturated rings. The second kappa shape index (κ2) is 6.72. The van der Waals surface area contributed by atoms with E-state index in [4.69, 9.17) is 5.21 Å². The molecule has 1 unspecified atom stereocenters. The number of rotatable bonds is 2. The van der Waals surface area contributed by atoms with E-state index >= 15 is 0 Å². The van der Waals surface area contributed by atoms with Crippen LogP contribution in [0.3, 0.4) is 0 Å². The van der Waals surface area contributed by atoms with Crippen molar-refractivity contribution in [3.05, 3.63) is 32.7 Å². The monoisotopic (exact) mass is 402 g/mol. The van der Waals surface area contributed by atoms with Crippen LogP contribution in [-0.2, 0) is 0 Å².